The molecule has 2 unspecified atom stereocenters. The van der Waals surface area contributed by atoms with Gasteiger partial charge in [-0.1, -0.05) is 12.8 Å². The number of aromatic nitrogens is 2. The first-order valence-electron chi connectivity index (χ1n) is 5.58. The molecule has 1 fully saturated rings. The molecule has 1 aliphatic carbocycles. The van der Waals surface area contributed by atoms with Gasteiger partial charge in [0.1, 0.15) is 0 Å². The van der Waals surface area contributed by atoms with E-state index in [0.717, 1.165) is 11.2 Å². The summed E-state index contributed by atoms with van der Waals surface area (Å²) in [6, 6.07) is 0.592. The van der Waals surface area contributed by atoms with Gasteiger partial charge in [-0.15, -0.1) is 0 Å². The van der Waals surface area contributed by atoms with Gasteiger partial charge >= 0.3 is 0 Å². The molecule has 0 amide bonds. The maximum Gasteiger partial charge on any atom is 0.202 e. The van der Waals surface area contributed by atoms with Crippen LogP contribution < -0.4 is 5.32 Å². The Labute approximate surface area is 95.7 Å². The summed E-state index contributed by atoms with van der Waals surface area (Å²) in [4.78, 5) is 4.32. The molecule has 15 heavy (non-hydrogen) atoms. The largest absolute Gasteiger partial charge is 0.352 e. The van der Waals surface area contributed by atoms with Crippen molar-refractivity contribution < 1.29 is 0 Å². The van der Waals surface area contributed by atoms with Gasteiger partial charge in [-0.2, -0.15) is 11.8 Å². The summed E-state index contributed by atoms with van der Waals surface area (Å²) in [7, 11) is 2.03. The van der Waals surface area contributed by atoms with Gasteiger partial charge in [0.05, 0.1) is 0 Å². The predicted molar refractivity (Wildman–Crippen MR) is 66.4 cm³/mol. The third kappa shape index (κ3) is 2.48. The molecule has 1 N–H and O–H groups in total. The summed E-state index contributed by atoms with van der Waals surface area (Å²) in [6.45, 7) is 0. The second-order valence-corrected chi connectivity index (χ2v) is 5.25. The molecule has 84 valence electrons. The minimum Gasteiger partial charge on any atom is -0.352 e. The van der Waals surface area contributed by atoms with Crippen LogP contribution >= 0.6 is 11.8 Å². The van der Waals surface area contributed by atoms with Crippen molar-refractivity contribution in [2.45, 2.75) is 37.0 Å². The minimum atomic E-state index is 0.592. The Bertz CT molecular complexity index is 311. The molecule has 1 saturated carbocycles. The number of hydrogen-bond acceptors (Lipinski definition) is 3. The second kappa shape index (κ2) is 4.92. The fraction of sp³-hybridized carbons (Fsp3) is 0.727. The Morgan fingerprint density at radius 1 is 1.47 bits per heavy atom. The maximum atomic E-state index is 4.32. The second-order valence-electron chi connectivity index (χ2n) is 4.17. The van der Waals surface area contributed by atoms with Crippen molar-refractivity contribution in [1.82, 2.24) is 9.55 Å². The lowest BCUT2D eigenvalue weighted by molar-refractivity contribution is 0.472. The maximum absolute atomic E-state index is 4.32. The Hall–Kier alpha value is -0.640. The molecule has 3 nitrogen and oxygen atoms in total. The van der Waals surface area contributed by atoms with E-state index >= 15 is 0 Å². The molecule has 0 bridgehead atoms. The molecule has 2 atom stereocenters. The summed E-state index contributed by atoms with van der Waals surface area (Å²) >= 11 is 1.98. The van der Waals surface area contributed by atoms with Gasteiger partial charge in [-0.05, 0) is 19.1 Å². The number of anilines is 1. The summed E-state index contributed by atoms with van der Waals surface area (Å²) in [5.74, 6) is 1.00. The average molecular weight is 225 g/mol. The molecule has 1 aromatic heterocycles. The zero-order valence-electron chi connectivity index (χ0n) is 9.44. The van der Waals surface area contributed by atoms with Crippen molar-refractivity contribution in [1.29, 1.82) is 0 Å². The monoisotopic (exact) mass is 225 g/mol. The lowest BCUT2D eigenvalue weighted by Crippen LogP contribution is -2.35. The van der Waals surface area contributed by atoms with Crippen molar-refractivity contribution in [3.8, 4) is 0 Å². The van der Waals surface area contributed by atoms with Crippen LogP contribution in [0.1, 0.15) is 25.7 Å². The van der Waals surface area contributed by atoms with Crippen molar-refractivity contribution in [2.24, 2.45) is 7.05 Å². The van der Waals surface area contributed by atoms with Crippen molar-refractivity contribution >= 4 is 17.7 Å². The molecule has 1 aromatic rings. The van der Waals surface area contributed by atoms with Crippen LogP contribution in [0.4, 0.5) is 5.95 Å². The number of nitrogens with zero attached hydrogens (tertiary/aromatic N) is 2. The SMILES string of the molecule is CSC1CCCCC1Nc1nccn1C. The first-order chi connectivity index (χ1) is 7.31. The third-order valence-corrected chi connectivity index (χ3v) is 4.31. The number of thioether (sulfide) groups is 1. The molecule has 1 heterocycles. The van der Waals surface area contributed by atoms with Gasteiger partial charge in [-0.3, -0.25) is 0 Å². The summed E-state index contributed by atoms with van der Waals surface area (Å²) in [6.07, 6.45) is 11.4. The Morgan fingerprint density at radius 2 is 2.27 bits per heavy atom. The van der Waals surface area contributed by atoms with Gasteiger partial charge in [0.25, 0.3) is 0 Å². The first-order valence-corrected chi connectivity index (χ1v) is 6.86. The van der Waals surface area contributed by atoms with Gasteiger partial charge in [0, 0.05) is 30.7 Å². The summed E-state index contributed by atoms with van der Waals surface area (Å²) < 4.78 is 2.05. The van der Waals surface area contributed by atoms with Gasteiger partial charge in [0.15, 0.2) is 0 Å². The molecule has 2 rings (SSSR count). The summed E-state index contributed by atoms with van der Waals surface area (Å²) in [5.41, 5.74) is 0. The quantitative estimate of drug-likeness (QED) is 0.857. The molecule has 0 aliphatic heterocycles. The molecule has 4 heteroatoms. The van der Waals surface area contributed by atoms with E-state index in [-0.39, 0.29) is 0 Å². The fourth-order valence-corrected chi connectivity index (χ4v) is 3.15. The van der Waals surface area contributed by atoms with Gasteiger partial charge in [0.2, 0.25) is 5.95 Å². The van der Waals surface area contributed by atoms with E-state index in [1.54, 1.807) is 0 Å². The van der Waals surface area contributed by atoms with Crippen LogP contribution in [0.5, 0.6) is 0 Å². The standard InChI is InChI=1S/C11H19N3S/c1-14-8-7-12-11(14)13-9-5-3-4-6-10(9)15-2/h7-10H,3-6H2,1-2H3,(H,12,13). The fourth-order valence-electron chi connectivity index (χ4n) is 2.21. The normalized spacial score (nSPS) is 26.5. The van der Waals surface area contributed by atoms with Crippen LogP contribution in [0.15, 0.2) is 12.4 Å². The highest BCUT2D eigenvalue weighted by Crippen LogP contribution is 2.28. The van der Waals surface area contributed by atoms with Crippen LogP contribution in [0, 0.1) is 0 Å². The van der Waals surface area contributed by atoms with E-state index < -0.39 is 0 Å². The van der Waals surface area contributed by atoms with Crippen molar-refractivity contribution in [3.05, 3.63) is 12.4 Å². The van der Waals surface area contributed by atoms with Gasteiger partial charge in [-0.25, -0.2) is 4.98 Å². The van der Waals surface area contributed by atoms with Crippen LogP contribution in [-0.4, -0.2) is 27.1 Å². The highest BCUT2D eigenvalue weighted by atomic mass is 32.2. The van der Waals surface area contributed by atoms with Crippen molar-refractivity contribution in [3.63, 3.8) is 0 Å². The molecular weight excluding hydrogens is 206 g/mol. The smallest absolute Gasteiger partial charge is 0.202 e. The molecule has 0 saturated heterocycles. The lowest BCUT2D eigenvalue weighted by atomic mass is 9.95. The third-order valence-electron chi connectivity index (χ3n) is 3.14. The Kier molecular flexibility index (Phi) is 3.57. The number of imidazole rings is 1. The minimum absolute atomic E-state index is 0.592. The topological polar surface area (TPSA) is 29.9 Å². The van der Waals surface area contributed by atoms with E-state index in [0.29, 0.717) is 6.04 Å². The van der Waals surface area contributed by atoms with Gasteiger partial charge < -0.3 is 9.88 Å². The van der Waals surface area contributed by atoms with E-state index in [2.05, 4.69) is 16.6 Å². The average Bonchev–Trinajstić information content (AvgIpc) is 2.65. The summed E-state index contributed by atoms with van der Waals surface area (Å²) in [5, 5.41) is 4.31. The highest BCUT2D eigenvalue weighted by Gasteiger charge is 2.24. The van der Waals surface area contributed by atoms with Crippen LogP contribution in [0.3, 0.4) is 0 Å². The van der Waals surface area contributed by atoms with E-state index in [9.17, 15) is 0 Å². The van der Waals surface area contributed by atoms with Crippen molar-refractivity contribution in [2.75, 3.05) is 11.6 Å². The molecule has 0 spiro atoms. The number of nitrogens with one attached hydrogen (secondary N) is 1. The highest BCUT2D eigenvalue weighted by molar-refractivity contribution is 7.99. The predicted octanol–water partition coefficient (Wildman–Crippen LogP) is 2.51. The molecule has 1 aliphatic rings. The zero-order chi connectivity index (χ0) is 10.7. The van der Waals surface area contributed by atoms with Crippen LogP contribution in [-0.2, 0) is 7.05 Å². The molecular formula is C11H19N3S. The molecule has 0 aromatic carbocycles. The zero-order valence-corrected chi connectivity index (χ0v) is 10.3. The number of aryl methyl sites for hydroxylation is 1. The van der Waals surface area contributed by atoms with Crippen LogP contribution in [0.2, 0.25) is 0 Å². The van der Waals surface area contributed by atoms with E-state index in [4.69, 9.17) is 0 Å². The van der Waals surface area contributed by atoms with E-state index in [1.807, 2.05) is 35.8 Å². The Morgan fingerprint density at radius 3 is 2.93 bits per heavy atom. The lowest BCUT2D eigenvalue weighted by Gasteiger charge is -2.31. The van der Waals surface area contributed by atoms with E-state index in [1.165, 1.54) is 25.7 Å². The molecule has 0 radical (unpaired) electrons. The number of hydrogen-bond donors (Lipinski definition) is 1. The van der Waals surface area contributed by atoms with Crippen LogP contribution in [0.25, 0.3) is 0 Å². The number of rotatable bonds is 3. The first kappa shape index (κ1) is 10.9. The Balaban J connectivity index is 2.00.